The lowest BCUT2D eigenvalue weighted by Gasteiger charge is -2.34. The number of halogens is 1. The quantitative estimate of drug-likeness (QED) is 0.858. The summed E-state index contributed by atoms with van der Waals surface area (Å²) in [6.45, 7) is 4.13. The first-order valence-electron chi connectivity index (χ1n) is 6.17. The second-order valence-corrected chi connectivity index (χ2v) is 5.66. The normalized spacial score (nSPS) is 20.6. The number of likely N-dealkylation sites (tertiary alicyclic amines) is 1. The molecule has 1 aliphatic heterocycles. The van der Waals surface area contributed by atoms with Crippen LogP contribution in [0.5, 0.6) is 0 Å². The smallest absolute Gasteiger partial charge is 0.110 e. The molecular formula is C12H19ClN2OS. The summed E-state index contributed by atoms with van der Waals surface area (Å²) >= 11 is 7.49. The first-order valence-corrected chi connectivity index (χ1v) is 7.58. The summed E-state index contributed by atoms with van der Waals surface area (Å²) in [5.74, 6) is 0.492. The van der Waals surface area contributed by atoms with Gasteiger partial charge >= 0.3 is 0 Å². The van der Waals surface area contributed by atoms with E-state index in [2.05, 4.69) is 16.8 Å². The van der Waals surface area contributed by atoms with Crippen molar-refractivity contribution in [2.24, 2.45) is 0 Å². The van der Waals surface area contributed by atoms with Crippen LogP contribution < -0.4 is 0 Å². The van der Waals surface area contributed by atoms with Crippen LogP contribution in [0.15, 0.2) is 5.38 Å². The second kappa shape index (κ2) is 6.14. The number of aliphatic hydroxyl groups is 1. The van der Waals surface area contributed by atoms with Gasteiger partial charge in [-0.1, -0.05) is 6.92 Å². The molecule has 1 unspecified atom stereocenters. The van der Waals surface area contributed by atoms with E-state index in [9.17, 15) is 5.11 Å². The molecule has 1 N–H and O–H groups in total. The molecule has 0 radical (unpaired) electrons. The minimum absolute atomic E-state index is 0.113. The monoisotopic (exact) mass is 274 g/mol. The number of rotatable bonds is 4. The number of hydrogen-bond acceptors (Lipinski definition) is 4. The molecule has 1 aliphatic rings. The summed E-state index contributed by atoms with van der Waals surface area (Å²) in [6.07, 6.45) is 2.71. The van der Waals surface area contributed by atoms with Crippen LogP contribution in [0.2, 0.25) is 0 Å². The summed E-state index contributed by atoms with van der Waals surface area (Å²) in [6, 6.07) is 0.393. The van der Waals surface area contributed by atoms with Gasteiger partial charge in [-0.25, -0.2) is 4.98 Å². The average Bonchev–Trinajstić information content (AvgIpc) is 2.81. The number of piperidine rings is 1. The molecule has 1 aromatic heterocycles. The van der Waals surface area contributed by atoms with Gasteiger partial charge in [0.05, 0.1) is 23.7 Å². The van der Waals surface area contributed by atoms with Crippen molar-refractivity contribution in [1.29, 1.82) is 0 Å². The largest absolute Gasteiger partial charge is 0.393 e. The number of alkyl halides is 1. The molecule has 1 aromatic rings. The maximum Gasteiger partial charge on any atom is 0.110 e. The maximum absolute atomic E-state index is 9.54. The Morgan fingerprint density at radius 1 is 1.59 bits per heavy atom. The van der Waals surface area contributed by atoms with Crippen molar-refractivity contribution >= 4 is 22.9 Å². The Kier molecular flexibility index (Phi) is 4.79. The van der Waals surface area contributed by atoms with Gasteiger partial charge in [0.1, 0.15) is 5.01 Å². The third-order valence-corrected chi connectivity index (χ3v) is 4.59. The van der Waals surface area contributed by atoms with Crippen molar-refractivity contribution in [3.63, 3.8) is 0 Å². The van der Waals surface area contributed by atoms with E-state index in [0.29, 0.717) is 11.9 Å². The van der Waals surface area contributed by atoms with E-state index in [1.807, 2.05) is 5.38 Å². The van der Waals surface area contributed by atoms with Crippen LogP contribution in [0.25, 0.3) is 0 Å². The predicted molar refractivity (Wildman–Crippen MR) is 71.5 cm³/mol. The lowest BCUT2D eigenvalue weighted by atomic mass is 10.0. The minimum atomic E-state index is -0.113. The van der Waals surface area contributed by atoms with Crippen molar-refractivity contribution in [3.8, 4) is 0 Å². The van der Waals surface area contributed by atoms with Gasteiger partial charge in [0.2, 0.25) is 0 Å². The van der Waals surface area contributed by atoms with Gasteiger partial charge in [-0.3, -0.25) is 4.90 Å². The Hall–Kier alpha value is -0.160. The van der Waals surface area contributed by atoms with Crippen molar-refractivity contribution < 1.29 is 5.11 Å². The number of aliphatic hydroxyl groups excluding tert-OH is 1. The van der Waals surface area contributed by atoms with Crippen molar-refractivity contribution in [3.05, 3.63) is 16.1 Å². The Balaban J connectivity index is 2.05. The van der Waals surface area contributed by atoms with Gasteiger partial charge in [0.15, 0.2) is 0 Å². The molecule has 0 bridgehead atoms. The molecule has 0 amide bonds. The van der Waals surface area contributed by atoms with Gasteiger partial charge < -0.3 is 5.11 Å². The molecule has 0 aromatic carbocycles. The van der Waals surface area contributed by atoms with E-state index in [1.165, 1.54) is 5.01 Å². The van der Waals surface area contributed by atoms with Crippen LogP contribution in [0.4, 0.5) is 0 Å². The fourth-order valence-corrected chi connectivity index (χ4v) is 3.59. The highest BCUT2D eigenvalue weighted by molar-refractivity contribution is 7.09. The van der Waals surface area contributed by atoms with Crippen molar-refractivity contribution in [2.45, 2.75) is 44.2 Å². The fraction of sp³-hybridized carbons (Fsp3) is 0.750. The number of hydrogen-bond donors (Lipinski definition) is 1. The van der Waals surface area contributed by atoms with Gasteiger partial charge in [-0.2, -0.15) is 0 Å². The zero-order valence-electron chi connectivity index (χ0n) is 10.1. The van der Waals surface area contributed by atoms with E-state index < -0.39 is 0 Å². The summed E-state index contributed by atoms with van der Waals surface area (Å²) < 4.78 is 0. The van der Waals surface area contributed by atoms with E-state index in [-0.39, 0.29) is 6.10 Å². The van der Waals surface area contributed by atoms with E-state index >= 15 is 0 Å². The van der Waals surface area contributed by atoms with Crippen LogP contribution in [-0.4, -0.2) is 34.2 Å². The molecule has 96 valence electrons. The van der Waals surface area contributed by atoms with Gasteiger partial charge in [0, 0.05) is 18.5 Å². The summed E-state index contributed by atoms with van der Waals surface area (Å²) in [5, 5.41) is 12.7. The number of aromatic nitrogens is 1. The Bertz CT molecular complexity index is 350. The molecule has 0 saturated carbocycles. The molecule has 1 atom stereocenters. The zero-order chi connectivity index (χ0) is 12.3. The molecular weight excluding hydrogens is 256 g/mol. The predicted octanol–water partition coefficient (Wildman–Crippen LogP) is 2.79. The third kappa shape index (κ3) is 3.19. The molecule has 2 heterocycles. The first kappa shape index (κ1) is 13.3. The lowest BCUT2D eigenvalue weighted by molar-refractivity contribution is 0.0591. The molecule has 1 saturated heterocycles. The molecule has 0 aliphatic carbocycles. The first-order chi connectivity index (χ1) is 8.24. The zero-order valence-corrected chi connectivity index (χ0v) is 11.7. The molecule has 3 nitrogen and oxygen atoms in total. The Morgan fingerprint density at radius 2 is 2.29 bits per heavy atom. The van der Waals surface area contributed by atoms with E-state index in [1.54, 1.807) is 11.3 Å². The van der Waals surface area contributed by atoms with Crippen molar-refractivity contribution in [2.75, 3.05) is 13.1 Å². The highest BCUT2D eigenvalue weighted by Gasteiger charge is 2.25. The molecule has 1 fully saturated rings. The van der Waals surface area contributed by atoms with E-state index in [0.717, 1.165) is 38.0 Å². The summed E-state index contributed by atoms with van der Waals surface area (Å²) in [7, 11) is 0. The molecule has 17 heavy (non-hydrogen) atoms. The van der Waals surface area contributed by atoms with Crippen LogP contribution in [0.1, 0.15) is 42.9 Å². The van der Waals surface area contributed by atoms with Crippen LogP contribution >= 0.6 is 22.9 Å². The molecule has 2 rings (SSSR count). The minimum Gasteiger partial charge on any atom is -0.393 e. The highest BCUT2D eigenvalue weighted by atomic mass is 35.5. The number of thiazole rings is 1. The Labute approximate surface area is 111 Å². The van der Waals surface area contributed by atoms with Gasteiger partial charge in [-0.15, -0.1) is 22.9 Å². The molecule has 0 spiro atoms. The van der Waals surface area contributed by atoms with E-state index in [4.69, 9.17) is 11.6 Å². The highest BCUT2D eigenvalue weighted by Crippen LogP contribution is 2.29. The SMILES string of the molecule is CCC(c1nc(CCl)cs1)N1CCC(O)CC1. The topological polar surface area (TPSA) is 36.4 Å². The maximum atomic E-state index is 9.54. The molecule has 5 heteroatoms. The Morgan fingerprint density at radius 3 is 2.82 bits per heavy atom. The fourth-order valence-electron chi connectivity index (χ4n) is 2.32. The van der Waals surface area contributed by atoms with Crippen molar-refractivity contribution in [1.82, 2.24) is 9.88 Å². The number of nitrogens with zero attached hydrogens (tertiary/aromatic N) is 2. The van der Waals surface area contributed by atoms with Crippen LogP contribution in [0, 0.1) is 0 Å². The van der Waals surface area contributed by atoms with Crippen LogP contribution in [0.3, 0.4) is 0 Å². The lowest BCUT2D eigenvalue weighted by Crippen LogP contribution is -2.38. The standard InChI is InChI=1S/C12H19ClN2OS/c1-2-11(12-14-9(7-13)8-17-12)15-5-3-10(16)4-6-15/h8,10-11,16H,2-7H2,1H3. The van der Waals surface area contributed by atoms with Gasteiger partial charge in [-0.05, 0) is 19.3 Å². The van der Waals surface area contributed by atoms with Gasteiger partial charge in [0.25, 0.3) is 0 Å². The summed E-state index contributed by atoms with van der Waals surface area (Å²) in [5.41, 5.74) is 0.974. The second-order valence-electron chi connectivity index (χ2n) is 4.50. The average molecular weight is 275 g/mol. The summed E-state index contributed by atoms with van der Waals surface area (Å²) in [4.78, 5) is 7.01. The third-order valence-electron chi connectivity index (χ3n) is 3.32. The van der Waals surface area contributed by atoms with Crippen LogP contribution in [-0.2, 0) is 5.88 Å².